The van der Waals surface area contributed by atoms with E-state index in [2.05, 4.69) is 5.32 Å². The largest absolute Gasteiger partial charge is 0.497 e. The van der Waals surface area contributed by atoms with Crippen LogP contribution in [0.1, 0.15) is 11.1 Å². The van der Waals surface area contributed by atoms with Gasteiger partial charge in [-0.2, -0.15) is 0 Å². The molecule has 2 aromatic rings. The molecule has 2 aromatic carbocycles. The Morgan fingerprint density at radius 2 is 2.05 bits per heavy atom. The predicted molar refractivity (Wildman–Crippen MR) is 78.1 cm³/mol. The summed E-state index contributed by atoms with van der Waals surface area (Å²) in [5.74, 6) is 0.131. The van der Waals surface area contributed by atoms with Gasteiger partial charge < -0.3 is 10.1 Å². The van der Waals surface area contributed by atoms with Crippen molar-refractivity contribution >= 4 is 11.4 Å². The number of benzene rings is 2. The fourth-order valence-corrected chi connectivity index (χ4v) is 1.93. The maximum atomic E-state index is 13.7. The molecule has 0 spiro atoms. The lowest BCUT2D eigenvalue weighted by molar-refractivity contribution is -0.385. The number of rotatable bonds is 5. The van der Waals surface area contributed by atoms with Crippen LogP contribution in [0.3, 0.4) is 0 Å². The number of nitro benzene ring substituents is 1. The van der Waals surface area contributed by atoms with Crippen LogP contribution in [-0.2, 0) is 6.54 Å². The molecule has 0 saturated heterocycles. The van der Waals surface area contributed by atoms with E-state index in [-0.39, 0.29) is 17.9 Å². The first-order valence-corrected chi connectivity index (χ1v) is 6.32. The van der Waals surface area contributed by atoms with Crippen molar-refractivity contribution < 1.29 is 14.1 Å². The quantitative estimate of drug-likeness (QED) is 0.674. The van der Waals surface area contributed by atoms with E-state index in [1.54, 1.807) is 19.1 Å². The standard InChI is InChI=1S/C15H15FN2O3/c1-10-3-4-11(7-15(10)18(19)20)9-17-14-8-12(21-2)5-6-13(14)16/h3-8,17H,9H2,1-2H3. The summed E-state index contributed by atoms with van der Waals surface area (Å²) in [7, 11) is 1.50. The van der Waals surface area contributed by atoms with E-state index < -0.39 is 10.7 Å². The van der Waals surface area contributed by atoms with Crippen molar-refractivity contribution in [2.45, 2.75) is 13.5 Å². The summed E-state index contributed by atoms with van der Waals surface area (Å²) in [6, 6.07) is 9.30. The molecule has 21 heavy (non-hydrogen) atoms. The van der Waals surface area contributed by atoms with E-state index in [0.29, 0.717) is 16.9 Å². The number of ether oxygens (including phenoxy) is 1. The summed E-state index contributed by atoms with van der Waals surface area (Å²) in [6.45, 7) is 1.96. The summed E-state index contributed by atoms with van der Waals surface area (Å²) < 4.78 is 18.7. The number of nitrogens with one attached hydrogen (secondary N) is 1. The molecule has 1 N–H and O–H groups in total. The molecular weight excluding hydrogens is 275 g/mol. The second kappa shape index (κ2) is 6.21. The van der Waals surface area contributed by atoms with Gasteiger partial charge in [0.1, 0.15) is 11.6 Å². The molecule has 0 aromatic heterocycles. The Bertz CT molecular complexity index is 674. The SMILES string of the molecule is COc1ccc(F)c(NCc2ccc(C)c([N+](=O)[O-])c2)c1. The lowest BCUT2D eigenvalue weighted by Crippen LogP contribution is -2.03. The van der Waals surface area contributed by atoms with Gasteiger partial charge in [0, 0.05) is 24.2 Å². The summed E-state index contributed by atoms with van der Waals surface area (Å²) in [6.07, 6.45) is 0. The van der Waals surface area contributed by atoms with Crippen LogP contribution in [0.4, 0.5) is 15.8 Å². The highest BCUT2D eigenvalue weighted by atomic mass is 19.1. The van der Waals surface area contributed by atoms with Crippen molar-refractivity contribution in [2.75, 3.05) is 12.4 Å². The van der Waals surface area contributed by atoms with Crippen molar-refractivity contribution in [3.8, 4) is 5.75 Å². The molecule has 0 saturated carbocycles. The highest BCUT2D eigenvalue weighted by Crippen LogP contribution is 2.23. The fraction of sp³-hybridized carbons (Fsp3) is 0.200. The number of hydrogen-bond donors (Lipinski definition) is 1. The highest BCUT2D eigenvalue weighted by Gasteiger charge is 2.11. The summed E-state index contributed by atoms with van der Waals surface area (Å²) in [4.78, 5) is 10.5. The van der Waals surface area contributed by atoms with Gasteiger partial charge in [0.25, 0.3) is 5.69 Å². The molecule has 0 heterocycles. The van der Waals surface area contributed by atoms with Crippen LogP contribution in [0.5, 0.6) is 5.75 Å². The Labute approximate surface area is 121 Å². The van der Waals surface area contributed by atoms with E-state index in [1.807, 2.05) is 0 Å². The zero-order valence-corrected chi connectivity index (χ0v) is 11.7. The summed E-state index contributed by atoms with van der Waals surface area (Å²) >= 11 is 0. The van der Waals surface area contributed by atoms with E-state index in [1.165, 1.54) is 31.4 Å². The van der Waals surface area contributed by atoms with Crippen LogP contribution in [-0.4, -0.2) is 12.0 Å². The molecule has 0 fully saturated rings. The Balaban J connectivity index is 2.16. The van der Waals surface area contributed by atoms with Crippen molar-refractivity contribution in [3.05, 3.63) is 63.5 Å². The second-order valence-electron chi connectivity index (χ2n) is 4.58. The van der Waals surface area contributed by atoms with Crippen LogP contribution in [0.25, 0.3) is 0 Å². The zero-order chi connectivity index (χ0) is 15.4. The molecule has 0 radical (unpaired) electrons. The number of methoxy groups -OCH3 is 1. The smallest absolute Gasteiger partial charge is 0.272 e. The first kappa shape index (κ1) is 14.8. The maximum Gasteiger partial charge on any atom is 0.272 e. The molecule has 2 rings (SSSR count). The number of nitrogens with zero attached hydrogens (tertiary/aromatic N) is 1. The minimum Gasteiger partial charge on any atom is -0.497 e. The molecule has 0 atom stereocenters. The topological polar surface area (TPSA) is 64.4 Å². The number of halogens is 1. The lowest BCUT2D eigenvalue weighted by Gasteiger charge is -2.10. The number of aryl methyl sites for hydroxylation is 1. The van der Waals surface area contributed by atoms with Crippen molar-refractivity contribution in [2.24, 2.45) is 0 Å². The Morgan fingerprint density at radius 1 is 1.29 bits per heavy atom. The number of anilines is 1. The highest BCUT2D eigenvalue weighted by molar-refractivity contribution is 5.51. The van der Waals surface area contributed by atoms with Gasteiger partial charge in [-0.1, -0.05) is 12.1 Å². The summed E-state index contributed by atoms with van der Waals surface area (Å²) in [5, 5.41) is 13.8. The molecule has 0 aliphatic rings. The van der Waals surface area contributed by atoms with Gasteiger partial charge in [-0.05, 0) is 24.6 Å². The Hall–Kier alpha value is -2.63. The maximum absolute atomic E-state index is 13.7. The second-order valence-corrected chi connectivity index (χ2v) is 4.58. The molecule has 6 heteroatoms. The van der Waals surface area contributed by atoms with Gasteiger partial charge in [-0.3, -0.25) is 10.1 Å². The fourth-order valence-electron chi connectivity index (χ4n) is 1.93. The molecule has 110 valence electrons. The monoisotopic (exact) mass is 290 g/mol. The van der Waals surface area contributed by atoms with Gasteiger partial charge in [0.05, 0.1) is 17.7 Å². The van der Waals surface area contributed by atoms with Crippen LogP contribution in [0, 0.1) is 22.9 Å². The average molecular weight is 290 g/mol. The van der Waals surface area contributed by atoms with Gasteiger partial charge >= 0.3 is 0 Å². The third-order valence-corrected chi connectivity index (χ3v) is 3.13. The van der Waals surface area contributed by atoms with E-state index in [4.69, 9.17) is 4.74 Å². The van der Waals surface area contributed by atoms with Crippen LogP contribution >= 0.6 is 0 Å². The molecule has 0 unspecified atom stereocenters. The first-order valence-electron chi connectivity index (χ1n) is 6.32. The minimum atomic E-state index is -0.426. The van der Waals surface area contributed by atoms with E-state index >= 15 is 0 Å². The van der Waals surface area contributed by atoms with Gasteiger partial charge in [-0.25, -0.2) is 4.39 Å². The normalized spacial score (nSPS) is 10.2. The van der Waals surface area contributed by atoms with Crippen LogP contribution < -0.4 is 10.1 Å². The number of hydrogen-bond acceptors (Lipinski definition) is 4. The lowest BCUT2D eigenvalue weighted by atomic mass is 10.1. The predicted octanol–water partition coefficient (Wildman–Crippen LogP) is 3.66. The van der Waals surface area contributed by atoms with E-state index in [0.717, 1.165) is 0 Å². The molecule has 0 aliphatic carbocycles. The molecule has 0 bridgehead atoms. The molecular formula is C15H15FN2O3. The molecule has 0 amide bonds. The van der Waals surface area contributed by atoms with E-state index in [9.17, 15) is 14.5 Å². The van der Waals surface area contributed by atoms with Gasteiger partial charge in [0.2, 0.25) is 0 Å². The third kappa shape index (κ3) is 3.47. The van der Waals surface area contributed by atoms with Gasteiger partial charge in [-0.15, -0.1) is 0 Å². The molecule has 5 nitrogen and oxygen atoms in total. The minimum absolute atomic E-state index is 0.0559. The van der Waals surface area contributed by atoms with Gasteiger partial charge in [0.15, 0.2) is 0 Å². The van der Waals surface area contributed by atoms with Crippen molar-refractivity contribution in [3.63, 3.8) is 0 Å². The van der Waals surface area contributed by atoms with Crippen molar-refractivity contribution in [1.82, 2.24) is 0 Å². The Morgan fingerprint density at radius 3 is 2.71 bits per heavy atom. The Kier molecular flexibility index (Phi) is 4.37. The van der Waals surface area contributed by atoms with Crippen LogP contribution in [0.2, 0.25) is 0 Å². The molecule has 0 aliphatic heterocycles. The zero-order valence-electron chi connectivity index (χ0n) is 11.7. The average Bonchev–Trinajstić information content (AvgIpc) is 2.47. The third-order valence-electron chi connectivity index (χ3n) is 3.13. The van der Waals surface area contributed by atoms with Crippen molar-refractivity contribution in [1.29, 1.82) is 0 Å². The summed E-state index contributed by atoms with van der Waals surface area (Å²) in [5.41, 5.74) is 1.64. The van der Waals surface area contributed by atoms with Crippen LogP contribution in [0.15, 0.2) is 36.4 Å². The number of nitro groups is 1. The first-order chi connectivity index (χ1) is 10.0.